The van der Waals surface area contributed by atoms with Gasteiger partial charge in [-0.15, -0.1) is 0 Å². The van der Waals surface area contributed by atoms with Gasteiger partial charge >= 0.3 is 0 Å². The van der Waals surface area contributed by atoms with Gasteiger partial charge in [0.2, 0.25) is 0 Å². The maximum atomic E-state index is 6.01. The first-order valence-corrected chi connectivity index (χ1v) is 6.84. The number of aryl methyl sites for hydroxylation is 1. The average molecular weight is 251 g/mol. The molecular weight excluding hydrogens is 230 g/mol. The lowest BCUT2D eigenvalue weighted by molar-refractivity contribution is -0.0206. The Hall–Kier alpha value is -1.07. The van der Waals surface area contributed by atoms with Crippen molar-refractivity contribution in [2.75, 3.05) is 19.7 Å². The van der Waals surface area contributed by atoms with E-state index in [1.165, 1.54) is 0 Å². The Morgan fingerprint density at radius 3 is 3.17 bits per heavy atom. The van der Waals surface area contributed by atoms with Crippen LogP contribution in [0.4, 0.5) is 0 Å². The molecule has 5 nitrogen and oxygen atoms in total. The molecule has 0 bridgehead atoms. The standard InChI is InChI=1S/C13H21N3O2/c1-2-16-8-7-15-12(16)18-11-9-13(17-10-11)3-5-14-6-4-13/h7-8,11,14H,2-6,9-10H2,1H3. The smallest absolute Gasteiger partial charge is 0.296 e. The zero-order chi connectivity index (χ0) is 12.4. The van der Waals surface area contributed by atoms with E-state index < -0.39 is 0 Å². The van der Waals surface area contributed by atoms with Crippen LogP contribution >= 0.6 is 0 Å². The van der Waals surface area contributed by atoms with Crippen LogP contribution in [0.1, 0.15) is 26.2 Å². The van der Waals surface area contributed by atoms with E-state index in [1.807, 2.05) is 10.8 Å². The molecule has 0 aromatic carbocycles. The van der Waals surface area contributed by atoms with E-state index in [4.69, 9.17) is 9.47 Å². The maximum absolute atomic E-state index is 6.01. The van der Waals surface area contributed by atoms with E-state index in [0.29, 0.717) is 6.61 Å². The lowest BCUT2D eigenvalue weighted by atomic mass is 9.89. The molecule has 1 aromatic heterocycles. The third kappa shape index (κ3) is 2.24. The average Bonchev–Trinajstić information content (AvgIpc) is 2.99. The normalized spacial score (nSPS) is 26.6. The van der Waals surface area contributed by atoms with Crippen LogP contribution in [0.2, 0.25) is 0 Å². The quantitative estimate of drug-likeness (QED) is 0.876. The minimum Gasteiger partial charge on any atom is -0.459 e. The molecule has 0 radical (unpaired) electrons. The van der Waals surface area contributed by atoms with Crippen molar-refractivity contribution in [2.24, 2.45) is 0 Å². The van der Waals surface area contributed by atoms with Gasteiger partial charge in [0.25, 0.3) is 6.01 Å². The molecular formula is C13H21N3O2. The van der Waals surface area contributed by atoms with Crippen molar-refractivity contribution in [3.8, 4) is 6.01 Å². The van der Waals surface area contributed by atoms with Gasteiger partial charge in [0, 0.05) is 25.4 Å². The number of ether oxygens (including phenoxy) is 2. The molecule has 3 rings (SSSR count). The van der Waals surface area contributed by atoms with Crippen molar-refractivity contribution in [3.63, 3.8) is 0 Å². The van der Waals surface area contributed by atoms with Gasteiger partial charge in [0.15, 0.2) is 0 Å². The molecule has 3 heterocycles. The summed E-state index contributed by atoms with van der Waals surface area (Å²) in [4.78, 5) is 4.26. The Morgan fingerprint density at radius 2 is 2.39 bits per heavy atom. The van der Waals surface area contributed by atoms with Crippen molar-refractivity contribution in [2.45, 2.75) is 44.4 Å². The first-order valence-electron chi connectivity index (χ1n) is 6.84. The zero-order valence-corrected chi connectivity index (χ0v) is 10.9. The number of rotatable bonds is 3. The van der Waals surface area contributed by atoms with Gasteiger partial charge < -0.3 is 19.4 Å². The van der Waals surface area contributed by atoms with Gasteiger partial charge in [-0.25, -0.2) is 4.98 Å². The number of piperidine rings is 1. The van der Waals surface area contributed by atoms with E-state index in [1.54, 1.807) is 6.20 Å². The molecule has 100 valence electrons. The highest BCUT2D eigenvalue weighted by Crippen LogP contribution is 2.35. The maximum Gasteiger partial charge on any atom is 0.296 e. The molecule has 1 N–H and O–H groups in total. The Balaban J connectivity index is 1.62. The minimum atomic E-state index is 0.0551. The van der Waals surface area contributed by atoms with E-state index >= 15 is 0 Å². The van der Waals surface area contributed by atoms with Crippen LogP contribution in [0.15, 0.2) is 12.4 Å². The highest BCUT2D eigenvalue weighted by Gasteiger charge is 2.42. The molecule has 18 heavy (non-hydrogen) atoms. The zero-order valence-electron chi connectivity index (χ0n) is 10.9. The summed E-state index contributed by atoms with van der Waals surface area (Å²) in [7, 11) is 0. The Kier molecular flexibility index (Phi) is 3.26. The molecule has 5 heteroatoms. The fourth-order valence-corrected chi connectivity index (χ4v) is 2.91. The van der Waals surface area contributed by atoms with Gasteiger partial charge in [0.05, 0.1) is 12.2 Å². The summed E-state index contributed by atoms with van der Waals surface area (Å²) in [6, 6.07) is 0.720. The number of imidazole rings is 1. The van der Waals surface area contributed by atoms with Gasteiger partial charge in [-0.1, -0.05) is 0 Å². The molecule has 0 aliphatic carbocycles. The van der Waals surface area contributed by atoms with E-state index in [0.717, 1.165) is 44.9 Å². The molecule has 1 atom stereocenters. The van der Waals surface area contributed by atoms with Crippen LogP contribution in [0.5, 0.6) is 6.01 Å². The van der Waals surface area contributed by atoms with Crippen LogP contribution < -0.4 is 10.1 Å². The van der Waals surface area contributed by atoms with Crippen molar-refractivity contribution >= 4 is 0 Å². The molecule has 2 aliphatic heterocycles. The second-order valence-electron chi connectivity index (χ2n) is 5.18. The summed E-state index contributed by atoms with van der Waals surface area (Å²) in [6.45, 7) is 5.77. The molecule has 1 unspecified atom stereocenters. The van der Waals surface area contributed by atoms with E-state index in [-0.39, 0.29) is 11.7 Å². The van der Waals surface area contributed by atoms with Crippen LogP contribution in [0.25, 0.3) is 0 Å². The second-order valence-corrected chi connectivity index (χ2v) is 5.18. The third-order valence-corrected chi connectivity index (χ3v) is 3.98. The Morgan fingerprint density at radius 1 is 1.56 bits per heavy atom. The first kappa shape index (κ1) is 12.0. The third-order valence-electron chi connectivity index (χ3n) is 3.98. The first-order chi connectivity index (χ1) is 8.81. The number of aromatic nitrogens is 2. The Bertz CT molecular complexity index is 399. The van der Waals surface area contributed by atoms with Crippen molar-refractivity contribution < 1.29 is 9.47 Å². The van der Waals surface area contributed by atoms with Crippen LogP contribution in [-0.2, 0) is 11.3 Å². The molecule has 2 saturated heterocycles. The molecule has 0 amide bonds. The predicted octanol–water partition coefficient (Wildman–Crippen LogP) is 1.19. The summed E-state index contributed by atoms with van der Waals surface area (Å²) in [5.41, 5.74) is 0.0551. The van der Waals surface area contributed by atoms with Gasteiger partial charge in [-0.2, -0.15) is 0 Å². The van der Waals surface area contributed by atoms with E-state index in [2.05, 4.69) is 17.2 Å². The van der Waals surface area contributed by atoms with Crippen LogP contribution in [0, 0.1) is 0 Å². The highest BCUT2D eigenvalue weighted by atomic mass is 16.6. The summed E-state index contributed by atoms with van der Waals surface area (Å²) in [5, 5.41) is 3.38. The summed E-state index contributed by atoms with van der Waals surface area (Å²) >= 11 is 0. The summed E-state index contributed by atoms with van der Waals surface area (Å²) < 4.78 is 14.0. The summed E-state index contributed by atoms with van der Waals surface area (Å²) in [6.07, 6.45) is 7.06. The van der Waals surface area contributed by atoms with Crippen molar-refractivity contribution in [1.29, 1.82) is 0 Å². The second kappa shape index (κ2) is 4.90. The number of hydrogen-bond donors (Lipinski definition) is 1. The van der Waals surface area contributed by atoms with Crippen LogP contribution in [-0.4, -0.2) is 41.0 Å². The minimum absolute atomic E-state index is 0.0551. The van der Waals surface area contributed by atoms with Gasteiger partial charge in [-0.3, -0.25) is 0 Å². The largest absolute Gasteiger partial charge is 0.459 e. The fraction of sp³-hybridized carbons (Fsp3) is 0.769. The number of nitrogens with one attached hydrogen (secondary N) is 1. The molecule has 0 saturated carbocycles. The molecule has 1 aromatic rings. The molecule has 2 aliphatic rings. The fourth-order valence-electron chi connectivity index (χ4n) is 2.91. The topological polar surface area (TPSA) is 48.3 Å². The predicted molar refractivity (Wildman–Crippen MR) is 67.7 cm³/mol. The molecule has 1 spiro atoms. The summed E-state index contributed by atoms with van der Waals surface area (Å²) in [5.74, 6) is 0. The van der Waals surface area contributed by atoms with E-state index in [9.17, 15) is 0 Å². The number of hydrogen-bond acceptors (Lipinski definition) is 4. The molecule has 2 fully saturated rings. The van der Waals surface area contributed by atoms with Gasteiger partial charge in [-0.05, 0) is 32.9 Å². The van der Waals surface area contributed by atoms with Gasteiger partial charge in [0.1, 0.15) is 6.10 Å². The monoisotopic (exact) mass is 251 g/mol. The SMILES string of the molecule is CCn1ccnc1OC1COC2(CCNCC2)C1. The number of nitrogens with zero attached hydrogens (tertiary/aromatic N) is 2. The van der Waals surface area contributed by atoms with Crippen molar-refractivity contribution in [3.05, 3.63) is 12.4 Å². The highest BCUT2D eigenvalue weighted by molar-refractivity contribution is 5.01. The van der Waals surface area contributed by atoms with Crippen molar-refractivity contribution in [1.82, 2.24) is 14.9 Å². The van der Waals surface area contributed by atoms with Crippen LogP contribution in [0.3, 0.4) is 0 Å². The Labute approximate surface area is 107 Å². The lowest BCUT2D eigenvalue weighted by Gasteiger charge is -2.32. The lowest BCUT2D eigenvalue weighted by Crippen LogP contribution is -2.41.